The molecule has 2 atom stereocenters. The molecule has 0 saturated heterocycles. The lowest BCUT2D eigenvalue weighted by Gasteiger charge is -2.20. The van der Waals surface area contributed by atoms with Gasteiger partial charge in [0.05, 0.1) is 0 Å². The molecule has 0 amide bonds. The number of hydrogen-bond donors (Lipinski definition) is 0. The van der Waals surface area contributed by atoms with Gasteiger partial charge in [0.2, 0.25) is 0 Å². The molecule has 0 heterocycles. The first-order chi connectivity index (χ1) is 26.1. The summed E-state index contributed by atoms with van der Waals surface area (Å²) in [4.78, 5) is 0. The lowest BCUT2D eigenvalue weighted by molar-refractivity contribution is 0.830. The van der Waals surface area contributed by atoms with Crippen LogP contribution in [0, 0.1) is 0 Å². The van der Waals surface area contributed by atoms with Crippen molar-refractivity contribution in [2.75, 3.05) is 0 Å². The Bertz CT molecular complexity index is 2600. The SMILES string of the molecule is CCC1=Cc2c(-c3ccc4cc5ccccc5cc4c3)cccc2C1C[SiH2]CC1C(CC)=Cc2c(-c3ccc4cc5ccccc5cc4c3)cccc21. The van der Waals surface area contributed by atoms with Gasteiger partial charge in [0.25, 0.3) is 0 Å². The highest BCUT2D eigenvalue weighted by Gasteiger charge is 2.29. The van der Waals surface area contributed by atoms with Crippen molar-refractivity contribution >= 4 is 64.8 Å². The highest BCUT2D eigenvalue weighted by Crippen LogP contribution is 2.47. The summed E-state index contributed by atoms with van der Waals surface area (Å²) in [7, 11) is -0.337. The maximum Gasteiger partial charge on any atom is 0.0218 e. The van der Waals surface area contributed by atoms with Crippen molar-refractivity contribution in [1.82, 2.24) is 0 Å². The number of rotatable bonds is 8. The molecule has 53 heavy (non-hydrogen) atoms. The van der Waals surface area contributed by atoms with E-state index >= 15 is 0 Å². The summed E-state index contributed by atoms with van der Waals surface area (Å²) in [6, 6.07) is 57.7. The van der Waals surface area contributed by atoms with E-state index in [1.165, 1.54) is 88.6 Å². The van der Waals surface area contributed by atoms with E-state index in [0.29, 0.717) is 11.8 Å². The first kappa shape index (κ1) is 32.2. The Morgan fingerprint density at radius 3 is 1.21 bits per heavy atom. The Hall–Kier alpha value is -5.50. The Balaban J connectivity index is 0.916. The van der Waals surface area contributed by atoms with Gasteiger partial charge in [-0.15, -0.1) is 0 Å². The van der Waals surface area contributed by atoms with Crippen molar-refractivity contribution in [1.29, 1.82) is 0 Å². The molecule has 10 rings (SSSR count). The van der Waals surface area contributed by atoms with Gasteiger partial charge in [-0.25, -0.2) is 0 Å². The maximum absolute atomic E-state index is 2.55. The zero-order valence-electron chi connectivity index (χ0n) is 30.7. The molecule has 1 heteroatoms. The minimum atomic E-state index is -0.337. The van der Waals surface area contributed by atoms with Crippen LogP contribution < -0.4 is 0 Å². The van der Waals surface area contributed by atoms with Crippen molar-refractivity contribution in [3.63, 3.8) is 0 Å². The topological polar surface area (TPSA) is 0 Å². The first-order valence-electron chi connectivity index (χ1n) is 19.7. The van der Waals surface area contributed by atoms with Crippen LogP contribution in [0.2, 0.25) is 12.1 Å². The van der Waals surface area contributed by atoms with Crippen molar-refractivity contribution in [2.24, 2.45) is 0 Å². The predicted octanol–water partition coefficient (Wildman–Crippen LogP) is 14.1. The summed E-state index contributed by atoms with van der Waals surface area (Å²) < 4.78 is 0. The molecule has 2 aliphatic carbocycles. The molecular weight excluding hydrogens is 653 g/mol. The summed E-state index contributed by atoms with van der Waals surface area (Å²) in [5.41, 5.74) is 14.7. The molecule has 0 bridgehead atoms. The van der Waals surface area contributed by atoms with E-state index in [9.17, 15) is 0 Å². The van der Waals surface area contributed by atoms with Gasteiger partial charge in [0.15, 0.2) is 0 Å². The number of allylic oxidation sites excluding steroid dienone is 2. The monoisotopic (exact) mass is 696 g/mol. The second kappa shape index (κ2) is 13.2. The van der Waals surface area contributed by atoms with Crippen LogP contribution in [0.15, 0.2) is 157 Å². The summed E-state index contributed by atoms with van der Waals surface area (Å²) >= 11 is 0. The fourth-order valence-corrected chi connectivity index (χ4v) is 12.1. The fourth-order valence-electron chi connectivity index (χ4n) is 9.69. The molecule has 0 saturated carbocycles. The standard InChI is InChI=1S/C52H44Si/c1-3-33-29-49-45(41-21-19-39-23-35-11-5-7-13-37(35)25-43(39)27-41)15-9-17-47(49)51(33)31-53-32-52-34(4-2)30-50-46(16-10-18-48(50)52)42-22-20-40-24-36-12-6-8-14-38(36)26-44(40)28-42/h5-30,51-52H,3-4,31-32,53H2,1-2H3. The van der Waals surface area contributed by atoms with Crippen LogP contribution in [0.3, 0.4) is 0 Å². The van der Waals surface area contributed by atoms with Crippen LogP contribution in [-0.2, 0) is 0 Å². The van der Waals surface area contributed by atoms with Gasteiger partial charge in [-0.05, 0) is 137 Å². The van der Waals surface area contributed by atoms with Gasteiger partial charge in [-0.2, -0.15) is 0 Å². The number of fused-ring (bicyclic) bond motifs is 6. The molecule has 0 aromatic heterocycles. The Kier molecular flexibility index (Phi) is 7.99. The van der Waals surface area contributed by atoms with Crippen LogP contribution >= 0.6 is 0 Å². The molecule has 256 valence electrons. The van der Waals surface area contributed by atoms with E-state index in [-0.39, 0.29) is 9.52 Å². The van der Waals surface area contributed by atoms with E-state index in [0.717, 1.165) is 12.8 Å². The Morgan fingerprint density at radius 2 is 0.792 bits per heavy atom. The summed E-state index contributed by atoms with van der Waals surface area (Å²) in [6.07, 6.45) is 7.34. The lowest BCUT2D eigenvalue weighted by atomic mass is 9.91. The average Bonchev–Trinajstić information content (AvgIpc) is 3.76. The zero-order valence-corrected chi connectivity index (χ0v) is 32.1. The van der Waals surface area contributed by atoms with Crippen LogP contribution in [0.4, 0.5) is 0 Å². The predicted molar refractivity (Wildman–Crippen MR) is 234 cm³/mol. The zero-order chi connectivity index (χ0) is 35.5. The van der Waals surface area contributed by atoms with Crippen LogP contribution in [0.5, 0.6) is 0 Å². The largest absolute Gasteiger partial charge is 0.0626 e. The second-order valence-electron chi connectivity index (χ2n) is 15.3. The lowest BCUT2D eigenvalue weighted by Crippen LogP contribution is -2.08. The smallest absolute Gasteiger partial charge is 0.0218 e. The molecule has 2 aliphatic rings. The molecule has 0 spiro atoms. The van der Waals surface area contributed by atoms with Crippen LogP contribution in [0.1, 0.15) is 60.8 Å². The Labute approximate surface area is 315 Å². The minimum absolute atomic E-state index is 0.337. The van der Waals surface area contributed by atoms with Gasteiger partial charge >= 0.3 is 0 Å². The van der Waals surface area contributed by atoms with Crippen LogP contribution in [-0.4, -0.2) is 9.52 Å². The van der Waals surface area contributed by atoms with Gasteiger partial charge in [0, 0.05) is 21.4 Å². The van der Waals surface area contributed by atoms with E-state index in [1.54, 1.807) is 22.3 Å². The highest BCUT2D eigenvalue weighted by molar-refractivity contribution is 6.36. The molecule has 0 aliphatic heterocycles. The summed E-state index contributed by atoms with van der Waals surface area (Å²) in [6.45, 7) is 4.71. The van der Waals surface area contributed by atoms with E-state index in [1.807, 2.05) is 0 Å². The molecule has 0 radical (unpaired) electrons. The minimum Gasteiger partial charge on any atom is -0.0626 e. The van der Waals surface area contributed by atoms with E-state index < -0.39 is 0 Å². The molecule has 0 nitrogen and oxygen atoms in total. The maximum atomic E-state index is 2.55. The van der Waals surface area contributed by atoms with Crippen molar-refractivity contribution < 1.29 is 0 Å². The normalized spacial score (nSPS) is 16.6. The molecule has 8 aromatic carbocycles. The number of benzene rings is 8. The van der Waals surface area contributed by atoms with Gasteiger partial charge in [0.1, 0.15) is 0 Å². The third kappa shape index (κ3) is 5.58. The third-order valence-electron chi connectivity index (χ3n) is 12.4. The van der Waals surface area contributed by atoms with Gasteiger partial charge in [-0.1, -0.05) is 158 Å². The van der Waals surface area contributed by atoms with Gasteiger partial charge in [-0.3, -0.25) is 0 Å². The fraction of sp³-hybridized carbons (Fsp3) is 0.154. The first-order valence-corrected chi connectivity index (χ1v) is 21.7. The van der Waals surface area contributed by atoms with Crippen molar-refractivity contribution in [2.45, 2.75) is 50.6 Å². The van der Waals surface area contributed by atoms with E-state index in [2.05, 4.69) is 172 Å². The Morgan fingerprint density at radius 1 is 0.396 bits per heavy atom. The highest BCUT2D eigenvalue weighted by atomic mass is 28.2. The quantitative estimate of drug-likeness (QED) is 0.110. The van der Waals surface area contributed by atoms with E-state index in [4.69, 9.17) is 0 Å². The molecule has 8 aromatic rings. The molecule has 0 fully saturated rings. The average molecular weight is 697 g/mol. The van der Waals surface area contributed by atoms with Crippen molar-refractivity contribution in [3.05, 3.63) is 179 Å². The molecular formula is C52H44Si. The van der Waals surface area contributed by atoms with Crippen molar-refractivity contribution in [3.8, 4) is 22.3 Å². The summed E-state index contributed by atoms with van der Waals surface area (Å²) in [5.74, 6) is 1.11. The second-order valence-corrected chi connectivity index (χ2v) is 17.2. The third-order valence-corrected chi connectivity index (χ3v) is 14.4. The molecule has 2 unspecified atom stereocenters. The summed E-state index contributed by atoms with van der Waals surface area (Å²) in [5, 5.41) is 10.5. The number of hydrogen-bond acceptors (Lipinski definition) is 0. The van der Waals surface area contributed by atoms with Gasteiger partial charge < -0.3 is 0 Å². The van der Waals surface area contributed by atoms with Crippen LogP contribution in [0.25, 0.3) is 77.5 Å². The molecule has 0 N–H and O–H groups in total.